The second kappa shape index (κ2) is 9.21. The van der Waals surface area contributed by atoms with E-state index in [1.165, 1.54) is 36.6 Å². The average Bonchev–Trinajstić information content (AvgIpc) is 3.04. The Bertz CT molecular complexity index is 716. The van der Waals surface area contributed by atoms with Gasteiger partial charge in [0.25, 0.3) is 0 Å². The largest absolute Gasteiger partial charge is 0.352 e. The standard InChI is InChI=1S/C20H28N4OS/c1-3-24-18(13-16-10-5-4-6-11-16)22-23-20(24)26-14-19(25)21-17-12-8-7-9-15(17)2/h4-6,10-11,15,17H,3,7-9,12-14H2,1-2H3,(H,21,25)/t15-,17+/m0/s1. The lowest BCUT2D eigenvalue weighted by molar-refractivity contribution is -0.119. The molecule has 140 valence electrons. The fourth-order valence-electron chi connectivity index (χ4n) is 3.56. The fourth-order valence-corrected chi connectivity index (χ4v) is 4.39. The molecule has 0 unspecified atom stereocenters. The summed E-state index contributed by atoms with van der Waals surface area (Å²) in [6.45, 7) is 5.13. The summed E-state index contributed by atoms with van der Waals surface area (Å²) in [4.78, 5) is 12.3. The number of rotatable bonds is 7. The van der Waals surface area contributed by atoms with Crippen LogP contribution in [0.1, 0.15) is 50.9 Å². The molecule has 2 atom stereocenters. The van der Waals surface area contributed by atoms with E-state index in [1.807, 2.05) is 18.2 Å². The van der Waals surface area contributed by atoms with Crippen molar-refractivity contribution < 1.29 is 4.79 Å². The number of hydrogen-bond donors (Lipinski definition) is 1. The normalized spacial score (nSPS) is 20.1. The second-order valence-electron chi connectivity index (χ2n) is 7.03. The minimum atomic E-state index is 0.101. The lowest BCUT2D eigenvalue weighted by atomic mass is 9.86. The van der Waals surface area contributed by atoms with Crippen molar-refractivity contribution in [1.29, 1.82) is 0 Å². The first-order valence-corrected chi connectivity index (χ1v) is 10.5. The van der Waals surface area contributed by atoms with Gasteiger partial charge in [-0.05, 0) is 31.2 Å². The molecule has 1 fully saturated rings. The third-order valence-corrected chi connectivity index (χ3v) is 6.07. The number of carbonyl (C=O) groups excluding carboxylic acids is 1. The zero-order valence-corrected chi connectivity index (χ0v) is 16.5. The minimum absolute atomic E-state index is 0.101. The zero-order chi connectivity index (χ0) is 18.4. The highest BCUT2D eigenvalue weighted by Crippen LogP contribution is 2.24. The molecule has 0 spiro atoms. The van der Waals surface area contributed by atoms with Crippen LogP contribution in [0.2, 0.25) is 0 Å². The Morgan fingerprint density at radius 2 is 2.00 bits per heavy atom. The van der Waals surface area contributed by atoms with Crippen molar-refractivity contribution >= 4 is 17.7 Å². The Hall–Kier alpha value is -1.82. The number of nitrogens with zero attached hydrogens (tertiary/aromatic N) is 3. The Kier molecular flexibility index (Phi) is 6.72. The highest BCUT2D eigenvalue weighted by atomic mass is 32.2. The molecule has 2 aromatic rings. The molecule has 1 N–H and O–H groups in total. The molecule has 0 radical (unpaired) electrons. The molecule has 1 aromatic heterocycles. The van der Waals surface area contributed by atoms with E-state index in [-0.39, 0.29) is 5.91 Å². The molecule has 26 heavy (non-hydrogen) atoms. The van der Waals surface area contributed by atoms with Gasteiger partial charge >= 0.3 is 0 Å². The topological polar surface area (TPSA) is 59.8 Å². The molecule has 1 aromatic carbocycles. The summed E-state index contributed by atoms with van der Waals surface area (Å²) in [5, 5.41) is 12.7. The van der Waals surface area contributed by atoms with E-state index in [2.05, 4.69) is 46.1 Å². The van der Waals surface area contributed by atoms with E-state index in [1.54, 1.807) is 0 Å². The highest BCUT2D eigenvalue weighted by Gasteiger charge is 2.23. The van der Waals surface area contributed by atoms with E-state index in [4.69, 9.17) is 0 Å². The molecule has 1 heterocycles. The zero-order valence-electron chi connectivity index (χ0n) is 15.6. The number of amides is 1. The van der Waals surface area contributed by atoms with Crippen LogP contribution in [0.4, 0.5) is 0 Å². The highest BCUT2D eigenvalue weighted by molar-refractivity contribution is 7.99. The van der Waals surface area contributed by atoms with E-state index >= 15 is 0 Å². The predicted molar refractivity (Wildman–Crippen MR) is 105 cm³/mol. The molecule has 6 heteroatoms. The summed E-state index contributed by atoms with van der Waals surface area (Å²) in [5.41, 5.74) is 1.22. The maximum atomic E-state index is 12.3. The minimum Gasteiger partial charge on any atom is -0.352 e. The van der Waals surface area contributed by atoms with E-state index in [9.17, 15) is 4.79 Å². The number of benzene rings is 1. The number of nitrogens with one attached hydrogen (secondary N) is 1. The average molecular weight is 373 g/mol. The first kappa shape index (κ1) is 19.0. The van der Waals surface area contributed by atoms with Crippen LogP contribution in [-0.2, 0) is 17.8 Å². The quantitative estimate of drug-likeness (QED) is 0.753. The maximum Gasteiger partial charge on any atom is 0.230 e. The van der Waals surface area contributed by atoms with Crippen molar-refractivity contribution in [2.45, 2.75) is 63.7 Å². The van der Waals surface area contributed by atoms with Crippen molar-refractivity contribution in [2.75, 3.05) is 5.75 Å². The molecular formula is C20H28N4OS. The van der Waals surface area contributed by atoms with Gasteiger partial charge in [0.1, 0.15) is 5.82 Å². The number of thioether (sulfide) groups is 1. The van der Waals surface area contributed by atoms with Gasteiger partial charge in [-0.15, -0.1) is 10.2 Å². The maximum absolute atomic E-state index is 12.3. The molecule has 0 aliphatic heterocycles. The van der Waals surface area contributed by atoms with Crippen molar-refractivity contribution in [3.63, 3.8) is 0 Å². The number of carbonyl (C=O) groups is 1. The molecule has 1 aliphatic rings. The van der Waals surface area contributed by atoms with Gasteiger partial charge in [-0.3, -0.25) is 4.79 Å². The molecule has 5 nitrogen and oxygen atoms in total. The first-order valence-electron chi connectivity index (χ1n) is 9.55. The van der Waals surface area contributed by atoms with Crippen LogP contribution in [0.25, 0.3) is 0 Å². The van der Waals surface area contributed by atoms with E-state index in [0.717, 1.165) is 30.4 Å². The third kappa shape index (κ3) is 4.87. The molecule has 0 bridgehead atoms. The van der Waals surface area contributed by atoms with Gasteiger partial charge in [0.2, 0.25) is 5.91 Å². The molecule has 0 saturated heterocycles. The number of aromatic nitrogens is 3. The van der Waals surface area contributed by atoms with E-state index < -0.39 is 0 Å². The van der Waals surface area contributed by atoms with Gasteiger partial charge in [-0.25, -0.2) is 0 Å². The Balaban J connectivity index is 1.57. The van der Waals surface area contributed by atoms with Crippen LogP contribution >= 0.6 is 11.8 Å². The summed E-state index contributed by atoms with van der Waals surface area (Å²) in [6, 6.07) is 10.6. The van der Waals surface area contributed by atoms with Gasteiger partial charge in [-0.1, -0.05) is 61.9 Å². The monoisotopic (exact) mass is 372 g/mol. The first-order chi connectivity index (χ1) is 12.7. The summed E-state index contributed by atoms with van der Waals surface area (Å²) in [6.07, 6.45) is 5.57. The molecule has 1 saturated carbocycles. The van der Waals surface area contributed by atoms with Crippen LogP contribution < -0.4 is 5.32 Å². The van der Waals surface area contributed by atoms with Crippen molar-refractivity contribution in [1.82, 2.24) is 20.1 Å². The van der Waals surface area contributed by atoms with Gasteiger partial charge in [0.15, 0.2) is 5.16 Å². The fraction of sp³-hybridized carbons (Fsp3) is 0.550. The SMILES string of the molecule is CCn1c(Cc2ccccc2)nnc1SCC(=O)N[C@@H]1CCCC[C@@H]1C. The van der Waals surface area contributed by atoms with Gasteiger partial charge < -0.3 is 9.88 Å². The molecular weight excluding hydrogens is 344 g/mol. The molecule has 3 rings (SSSR count). The van der Waals surface area contributed by atoms with Gasteiger partial charge in [-0.2, -0.15) is 0 Å². The Morgan fingerprint density at radius 1 is 1.23 bits per heavy atom. The summed E-state index contributed by atoms with van der Waals surface area (Å²) in [5.74, 6) is 2.02. The summed E-state index contributed by atoms with van der Waals surface area (Å²) >= 11 is 1.48. The smallest absolute Gasteiger partial charge is 0.230 e. The van der Waals surface area contributed by atoms with Gasteiger partial charge in [0, 0.05) is 19.0 Å². The summed E-state index contributed by atoms with van der Waals surface area (Å²) < 4.78 is 2.11. The van der Waals surface area contributed by atoms with Crippen LogP contribution in [0.3, 0.4) is 0 Å². The van der Waals surface area contributed by atoms with Gasteiger partial charge in [0.05, 0.1) is 5.75 Å². The van der Waals surface area contributed by atoms with Crippen molar-refractivity contribution in [3.8, 4) is 0 Å². The Morgan fingerprint density at radius 3 is 2.73 bits per heavy atom. The molecule has 1 aliphatic carbocycles. The van der Waals surface area contributed by atoms with E-state index in [0.29, 0.717) is 17.7 Å². The third-order valence-electron chi connectivity index (χ3n) is 5.10. The predicted octanol–water partition coefficient (Wildman–Crippen LogP) is 3.68. The number of hydrogen-bond acceptors (Lipinski definition) is 4. The van der Waals surface area contributed by atoms with Crippen LogP contribution in [0.5, 0.6) is 0 Å². The summed E-state index contributed by atoms with van der Waals surface area (Å²) in [7, 11) is 0. The van der Waals surface area contributed by atoms with Crippen LogP contribution in [0.15, 0.2) is 35.5 Å². The van der Waals surface area contributed by atoms with Crippen molar-refractivity contribution in [2.24, 2.45) is 5.92 Å². The van der Waals surface area contributed by atoms with Crippen molar-refractivity contribution in [3.05, 3.63) is 41.7 Å². The second-order valence-corrected chi connectivity index (χ2v) is 7.97. The molecule has 1 amide bonds. The van der Waals surface area contributed by atoms with Crippen LogP contribution in [-0.4, -0.2) is 32.5 Å². The van der Waals surface area contributed by atoms with Crippen LogP contribution in [0, 0.1) is 5.92 Å². The Labute approximate surface area is 160 Å². The lowest BCUT2D eigenvalue weighted by Gasteiger charge is -2.29. The lowest BCUT2D eigenvalue weighted by Crippen LogP contribution is -2.41.